The van der Waals surface area contributed by atoms with E-state index in [9.17, 15) is 9.59 Å². The SMILES string of the molecule is CCn1c(SCC(=O)Nc2ccc(C)cc2)nnc1C(NC(=O)c1ccccc1Cl)C(C)C. The molecule has 0 radical (unpaired) electrons. The number of amides is 2. The third-order valence-electron chi connectivity index (χ3n) is 5.08. The fraction of sp³-hybridized carbons (Fsp3) is 0.333. The minimum Gasteiger partial charge on any atom is -0.342 e. The third-order valence-corrected chi connectivity index (χ3v) is 6.38. The topological polar surface area (TPSA) is 88.9 Å². The highest BCUT2D eigenvalue weighted by Gasteiger charge is 2.26. The lowest BCUT2D eigenvalue weighted by Crippen LogP contribution is -2.34. The minimum atomic E-state index is -0.364. The smallest absolute Gasteiger partial charge is 0.253 e. The number of rotatable bonds is 9. The molecule has 1 heterocycles. The molecule has 0 aliphatic heterocycles. The first-order chi connectivity index (χ1) is 15.8. The number of hydrogen-bond acceptors (Lipinski definition) is 5. The van der Waals surface area contributed by atoms with Gasteiger partial charge in [0, 0.05) is 12.2 Å². The molecule has 0 spiro atoms. The Kier molecular flexibility index (Phi) is 8.52. The summed E-state index contributed by atoms with van der Waals surface area (Å²) in [7, 11) is 0. The summed E-state index contributed by atoms with van der Waals surface area (Å²) in [6, 6.07) is 14.2. The van der Waals surface area contributed by atoms with Crippen LogP contribution in [0.25, 0.3) is 0 Å². The third kappa shape index (κ3) is 6.36. The van der Waals surface area contributed by atoms with Crippen molar-refractivity contribution in [1.29, 1.82) is 0 Å². The molecule has 7 nitrogen and oxygen atoms in total. The van der Waals surface area contributed by atoms with Gasteiger partial charge in [0.1, 0.15) is 0 Å². The predicted molar refractivity (Wildman–Crippen MR) is 133 cm³/mol. The molecule has 2 N–H and O–H groups in total. The lowest BCUT2D eigenvalue weighted by molar-refractivity contribution is -0.113. The van der Waals surface area contributed by atoms with Gasteiger partial charge in [-0.15, -0.1) is 10.2 Å². The van der Waals surface area contributed by atoms with Crippen LogP contribution in [-0.4, -0.2) is 32.3 Å². The summed E-state index contributed by atoms with van der Waals surface area (Å²) in [6.45, 7) is 8.60. The summed E-state index contributed by atoms with van der Waals surface area (Å²) < 4.78 is 1.93. The van der Waals surface area contributed by atoms with Gasteiger partial charge in [-0.25, -0.2) is 0 Å². The van der Waals surface area contributed by atoms with Gasteiger partial charge in [-0.1, -0.05) is 67.0 Å². The van der Waals surface area contributed by atoms with Crippen molar-refractivity contribution in [2.24, 2.45) is 5.92 Å². The number of carbonyl (C=O) groups is 2. The number of aromatic nitrogens is 3. The Labute approximate surface area is 203 Å². The van der Waals surface area contributed by atoms with Crippen LogP contribution in [0.1, 0.15) is 48.6 Å². The van der Waals surface area contributed by atoms with Crippen molar-refractivity contribution >= 4 is 40.9 Å². The molecule has 0 bridgehead atoms. The molecule has 3 aromatic rings. The van der Waals surface area contributed by atoms with Crippen molar-refractivity contribution in [3.63, 3.8) is 0 Å². The van der Waals surface area contributed by atoms with E-state index >= 15 is 0 Å². The van der Waals surface area contributed by atoms with Crippen LogP contribution in [0.3, 0.4) is 0 Å². The van der Waals surface area contributed by atoms with E-state index in [-0.39, 0.29) is 29.5 Å². The standard InChI is InChI=1S/C24H28ClN5O2S/c1-5-30-22(21(15(2)3)27-23(32)18-8-6-7-9-19(18)25)28-29-24(30)33-14-20(31)26-17-12-10-16(4)11-13-17/h6-13,15,21H,5,14H2,1-4H3,(H,26,31)(H,27,32). The zero-order valence-electron chi connectivity index (χ0n) is 19.1. The first kappa shape index (κ1) is 24.8. The molecule has 0 saturated heterocycles. The highest BCUT2D eigenvalue weighted by Crippen LogP contribution is 2.26. The molecule has 0 saturated carbocycles. The fourth-order valence-electron chi connectivity index (χ4n) is 3.29. The number of aryl methyl sites for hydroxylation is 1. The maximum atomic E-state index is 12.9. The first-order valence-corrected chi connectivity index (χ1v) is 12.1. The second kappa shape index (κ2) is 11.3. The Balaban J connectivity index is 1.71. The van der Waals surface area contributed by atoms with E-state index in [4.69, 9.17) is 11.6 Å². The average Bonchev–Trinajstić information content (AvgIpc) is 3.20. The van der Waals surface area contributed by atoms with Crippen molar-refractivity contribution in [2.45, 2.75) is 45.4 Å². The Bertz CT molecular complexity index is 1110. The number of carbonyl (C=O) groups excluding carboxylic acids is 2. The molecule has 9 heteroatoms. The average molecular weight is 486 g/mol. The first-order valence-electron chi connectivity index (χ1n) is 10.8. The number of nitrogens with one attached hydrogen (secondary N) is 2. The van der Waals surface area contributed by atoms with Gasteiger partial charge in [-0.05, 0) is 44.0 Å². The van der Waals surface area contributed by atoms with Crippen LogP contribution in [0.2, 0.25) is 5.02 Å². The quantitative estimate of drug-likeness (QED) is 0.411. The molecule has 33 heavy (non-hydrogen) atoms. The molecule has 3 rings (SSSR count). The number of anilines is 1. The number of benzene rings is 2. The molecular weight excluding hydrogens is 458 g/mol. The Morgan fingerprint density at radius 3 is 2.42 bits per heavy atom. The van der Waals surface area contributed by atoms with E-state index in [0.717, 1.165) is 11.3 Å². The zero-order chi connectivity index (χ0) is 24.0. The molecule has 1 aromatic heterocycles. The lowest BCUT2D eigenvalue weighted by Gasteiger charge is -2.22. The van der Waals surface area contributed by atoms with Crippen LogP contribution in [0.4, 0.5) is 5.69 Å². The van der Waals surface area contributed by atoms with E-state index in [2.05, 4.69) is 20.8 Å². The molecule has 1 unspecified atom stereocenters. The number of hydrogen-bond donors (Lipinski definition) is 2. The van der Waals surface area contributed by atoms with Gasteiger partial charge in [0.2, 0.25) is 5.91 Å². The van der Waals surface area contributed by atoms with E-state index in [0.29, 0.717) is 28.1 Å². The second-order valence-electron chi connectivity index (χ2n) is 7.96. The van der Waals surface area contributed by atoms with Crippen LogP contribution < -0.4 is 10.6 Å². The van der Waals surface area contributed by atoms with Gasteiger partial charge in [0.25, 0.3) is 5.91 Å². The second-order valence-corrected chi connectivity index (χ2v) is 9.31. The maximum absolute atomic E-state index is 12.9. The highest BCUT2D eigenvalue weighted by molar-refractivity contribution is 7.99. The van der Waals surface area contributed by atoms with E-state index in [1.54, 1.807) is 24.3 Å². The summed E-state index contributed by atoms with van der Waals surface area (Å²) >= 11 is 7.51. The fourth-order valence-corrected chi connectivity index (χ4v) is 4.32. The monoisotopic (exact) mass is 485 g/mol. The molecule has 0 aliphatic rings. The van der Waals surface area contributed by atoms with Crippen LogP contribution in [0.15, 0.2) is 53.7 Å². The van der Waals surface area contributed by atoms with Gasteiger partial charge in [-0.3, -0.25) is 9.59 Å². The summed E-state index contributed by atoms with van der Waals surface area (Å²) in [5, 5.41) is 15.6. The van der Waals surface area contributed by atoms with Crippen molar-refractivity contribution in [3.8, 4) is 0 Å². The summed E-state index contributed by atoms with van der Waals surface area (Å²) in [5.41, 5.74) is 2.30. The Hall–Kier alpha value is -2.84. The van der Waals surface area contributed by atoms with E-state index in [1.807, 2.05) is 56.5 Å². The Morgan fingerprint density at radius 2 is 1.79 bits per heavy atom. The van der Waals surface area contributed by atoms with Crippen molar-refractivity contribution in [3.05, 3.63) is 70.5 Å². The predicted octanol–water partition coefficient (Wildman–Crippen LogP) is 5.12. The minimum absolute atomic E-state index is 0.0635. The van der Waals surface area contributed by atoms with Crippen molar-refractivity contribution in [1.82, 2.24) is 20.1 Å². The van der Waals surface area contributed by atoms with Gasteiger partial charge < -0.3 is 15.2 Å². The van der Waals surface area contributed by atoms with E-state index < -0.39 is 0 Å². The normalized spacial score (nSPS) is 11.9. The van der Waals surface area contributed by atoms with Gasteiger partial charge in [0.05, 0.1) is 22.4 Å². The number of thioether (sulfide) groups is 1. The summed E-state index contributed by atoms with van der Waals surface area (Å²) in [5.74, 6) is 0.521. The molecule has 174 valence electrons. The largest absolute Gasteiger partial charge is 0.342 e. The summed E-state index contributed by atoms with van der Waals surface area (Å²) in [4.78, 5) is 25.3. The molecule has 0 fully saturated rings. The molecule has 0 aliphatic carbocycles. The molecular formula is C24H28ClN5O2S. The zero-order valence-corrected chi connectivity index (χ0v) is 20.7. The van der Waals surface area contributed by atoms with Gasteiger partial charge in [-0.2, -0.15) is 0 Å². The molecule has 2 amide bonds. The summed E-state index contributed by atoms with van der Waals surface area (Å²) in [6.07, 6.45) is 0. The van der Waals surface area contributed by atoms with Gasteiger partial charge in [0.15, 0.2) is 11.0 Å². The molecule has 1 atom stereocenters. The lowest BCUT2D eigenvalue weighted by atomic mass is 10.0. The van der Waals surface area contributed by atoms with Gasteiger partial charge >= 0.3 is 0 Å². The van der Waals surface area contributed by atoms with E-state index in [1.165, 1.54) is 11.8 Å². The maximum Gasteiger partial charge on any atom is 0.253 e. The molecule has 2 aromatic carbocycles. The van der Waals surface area contributed by atoms with Crippen molar-refractivity contribution < 1.29 is 9.59 Å². The van der Waals surface area contributed by atoms with Crippen LogP contribution >= 0.6 is 23.4 Å². The van der Waals surface area contributed by atoms with Crippen LogP contribution in [0.5, 0.6) is 0 Å². The van der Waals surface area contributed by atoms with Crippen LogP contribution in [-0.2, 0) is 11.3 Å². The number of nitrogens with zero attached hydrogens (tertiary/aromatic N) is 3. The van der Waals surface area contributed by atoms with Crippen LogP contribution in [0, 0.1) is 12.8 Å². The number of halogens is 1. The Morgan fingerprint density at radius 1 is 1.09 bits per heavy atom. The highest BCUT2D eigenvalue weighted by atomic mass is 35.5. The van der Waals surface area contributed by atoms with Crippen molar-refractivity contribution in [2.75, 3.05) is 11.1 Å².